The first kappa shape index (κ1) is 10.3. The van der Waals surface area contributed by atoms with Crippen molar-refractivity contribution in [2.45, 2.75) is 13.3 Å². The minimum absolute atomic E-state index is 0.319. The molecule has 0 saturated heterocycles. The number of nitrogens with zero attached hydrogens (tertiary/aromatic N) is 1. The Labute approximate surface area is 102 Å². The zero-order valence-electron chi connectivity index (χ0n) is 9.19. The fourth-order valence-electron chi connectivity index (χ4n) is 2.03. The van der Waals surface area contributed by atoms with E-state index in [0.29, 0.717) is 10.9 Å². The molecule has 0 saturated carbocycles. The molecule has 0 fully saturated rings. The molecule has 2 aromatic rings. The third kappa shape index (κ3) is 1.68. The molecule has 5 heteroatoms. The van der Waals surface area contributed by atoms with Crippen LogP contribution in [0, 0.1) is 0 Å². The van der Waals surface area contributed by atoms with Crippen LogP contribution in [-0.2, 0) is 11.2 Å². The second kappa shape index (κ2) is 3.56. The SMILES string of the molecule is CC(=O)Oc1ccc2c(c1)-c1nc(N)sc1C2. The molecule has 1 aliphatic rings. The highest BCUT2D eigenvalue weighted by atomic mass is 32.1. The predicted molar refractivity (Wildman–Crippen MR) is 66.1 cm³/mol. The molecule has 17 heavy (non-hydrogen) atoms. The Morgan fingerprint density at radius 1 is 1.53 bits per heavy atom. The van der Waals surface area contributed by atoms with E-state index in [1.165, 1.54) is 28.7 Å². The van der Waals surface area contributed by atoms with Gasteiger partial charge in [0, 0.05) is 23.8 Å². The summed E-state index contributed by atoms with van der Waals surface area (Å²) in [6.45, 7) is 1.39. The number of ether oxygens (including phenoxy) is 1. The highest BCUT2D eigenvalue weighted by Crippen LogP contribution is 2.41. The molecule has 0 unspecified atom stereocenters. The number of aromatic nitrogens is 1. The lowest BCUT2D eigenvalue weighted by molar-refractivity contribution is -0.131. The van der Waals surface area contributed by atoms with Crippen molar-refractivity contribution >= 4 is 22.4 Å². The third-order valence-corrected chi connectivity index (χ3v) is 3.55. The number of carbonyl (C=O) groups excluding carboxylic acids is 1. The van der Waals surface area contributed by atoms with Crippen LogP contribution in [0.3, 0.4) is 0 Å². The maximum atomic E-state index is 10.9. The Balaban J connectivity index is 2.07. The summed E-state index contributed by atoms with van der Waals surface area (Å²) in [7, 11) is 0. The van der Waals surface area contributed by atoms with Crippen molar-refractivity contribution in [2.24, 2.45) is 0 Å². The smallest absolute Gasteiger partial charge is 0.308 e. The standard InChI is InChI=1S/C12H10N2O2S/c1-6(15)16-8-3-2-7-4-10-11(9(7)5-8)14-12(13)17-10/h2-3,5H,4H2,1H3,(H2,13,14). The van der Waals surface area contributed by atoms with Gasteiger partial charge in [0.25, 0.3) is 0 Å². The zero-order chi connectivity index (χ0) is 12.0. The third-order valence-electron chi connectivity index (χ3n) is 2.66. The summed E-state index contributed by atoms with van der Waals surface area (Å²) in [5.41, 5.74) is 8.84. The molecule has 4 nitrogen and oxygen atoms in total. The second-order valence-electron chi connectivity index (χ2n) is 3.91. The van der Waals surface area contributed by atoms with Crippen molar-refractivity contribution in [3.05, 3.63) is 28.6 Å². The van der Waals surface area contributed by atoms with Crippen molar-refractivity contribution < 1.29 is 9.53 Å². The van der Waals surface area contributed by atoms with Crippen LogP contribution in [-0.4, -0.2) is 11.0 Å². The quantitative estimate of drug-likeness (QED) is 0.528. The fourth-order valence-corrected chi connectivity index (χ4v) is 2.90. The number of carbonyl (C=O) groups is 1. The molecule has 1 aromatic heterocycles. The molecule has 1 heterocycles. The van der Waals surface area contributed by atoms with Gasteiger partial charge in [-0.15, -0.1) is 11.3 Å². The normalized spacial score (nSPS) is 12.1. The van der Waals surface area contributed by atoms with Crippen LogP contribution in [0.15, 0.2) is 18.2 Å². The minimum Gasteiger partial charge on any atom is -0.427 e. The largest absolute Gasteiger partial charge is 0.427 e. The van der Waals surface area contributed by atoms with E-state index in [2.05, 4.69) is 4.98 Å². The Hall–Kier alpha value is -1.88. The number of nitrogens with two attached hydrogens (primary N) is 1. The van der Waals surface area contributed by atoms with Crippen LogP contribution in [0.4, 0.5) is 5.13 Å². The molecular formula is C12H10N2O2S. The molecule has 0 bridgehead atoms. The molecule has 0 aliphatic heterocycles. The van der Waals surface area contributed by atoms with Gasteiger partial charge in [-0.3, -0.25) is 4.79 Å². The van der Waals surface area contributed by atoms with Crippen molar-refractivity contribution in [1.29, 1.82) is 0 Å². The van der Waals surface area contributed by atoms with Gasteiger partial charge in [-0.05, 0) is 17.7 Å². The van der Waals surface area contributed by atoms with Gasteiger partial charge in [0.1, 0.15) is 5.75 Å². The van der Waals surface area contributed by atoms with Crippen LogP contribution in [0.2, 0.25) is 0 Å². The Bertz CT molecular complexity index is 619. The lowest BCUT2D eigenvalue weighted by Crippen LogP contribution is -2.01. The zero-order valence-corrected chi connectivity index (χ0v) is 10.0. The summed E-state index contributed by atoms with van der Waals surface area (Å²) in [6.07, 6.45) is 0.861. The summed E-state index contributed by atoms with van der Waals surface area (Å²) in [6, 6.07) is 5.63. The van der Waals surface area contributed by atoms with Gasteiger partial charge >= 0.3 is 5.97 Å². The summed E-state index contributed by atoms with van der Waals surface area (Å²) < 4.78 is 5.07. The average molecular weight is 246 g/mol. The molecule has 1 aliphatic carbocycles. The van der Waals surface area contributed by atoms with E-state index in [1.807, 2.05) is 12.1 Å². The predicted octanol–water partition coefficient (Wildman–Crippen LogP) is 2.22. The van der Waals surface area contributed by atoms with E-state index in [4.69, 9.17) is 10.5 Å². The number of fused-ring (bicyclic) bond motifs is 3. The van der Waals surface area contributed by atoms with Gasteiger partial charge in [-0.25, -0.2) is 4.98 Å². The van der Waals surface area contributed by atoms with Gasteiger partial charge in [0.2, 0.25) is 0 Å². The highest BCUT2D eigenvalue weighted by Gasteiger charge is 2.23. The molecule has 0 spiro atoms. The first-order chi connectivity index (χ1) is 8.13. The second-order valence-corrected chi connectivity index (χ2v) is 5.03. The van der Waals surface area contributed by atoms with Crippen molar-refractivity contribution in [3.8, 4) is 17.0 Å². The van der Waals surface area contributed by atoms with E-state index >= 15 is 0 Å². The Morgan fingerprint density at radius 2 is 2.35 bits per heavy atom. The van der Waals surface area contributed by atoms with E-state index in [-0.39, 0.29) is 5.97 Å². The Morgan fingerprint density at radius 3 is 3.12 bits per heavy atom. The molecule has 86 valence electrons. The maximum Gasteiger partial charge on any atom is 0.308 e. The van der Waals surface area contributed by atoms with Gasteiger partial charge < -0.3 is 10.5 Å². The Kier molecular flexibility index (Phi) is 2.16. The molecule has 2 N–H and O–H groups in total. The molecule has 1 aromatic carbocycles. The van der Waals surface area contributed by atoms with Crippen molar-refractivity contribution in [3.63, 3.8) is 0 Å². The number of rotatable bonds is 1. The number of anilines is 1. The molecule has 0 radical (unpaired) electrons. The first-order valence-corrected chi connectivity index (χ1v) is 6.02. The van der Waals surface area contributed by atoms with E-state index in [0.717, 1.165) is 17.7 Å². The van der Waals surface area contributed by atoms with Crippen LogP contribution in [0.5, 0.6) is 5.75 Å². The average Bonchev–Trinajstić information content (AvgIpc) is 2.73. The lowest BCUT2D eigenvalue weighted by Gasteiger charge is -2.04. The van der Waals surface area contributed by atoms with Gasteiger partial charge in [-0.2, -0.15) is 0 Å². The number of nitrogen functional groups attached to an aromatic ring is 1. The molecular weight excluding hydrogens is 236 g/mol. The fraction of sp³-hybridized carbons (Fsp3) is 0.167. The van der Waals surface area contributed by atoms with E-state index in [1.54, 1.807) is 6.07 Å². The summed E-state index contributed by atoms with van der Waals surface area (Å²) in [4.78, 5) is 16.4. The van der Waals surface area contributed by atoms with Gasteiger partial charge in [-0.1, -0.05) is 6.07 Å². The van der Waals surface area contributed by atoms with E-state index in [9.17, 15) is 4.79 Å². The van der Waals surface area contributed by atoms with Crippen LogP contribution in [0.1, 0.15) is 17.4 Å². The molecule has 0 amide bonds. The van der Waals surface area contributed by atoms with Crippen LogP contribution in [0.25, 0.3) is 11.3 Å². The van der Waals surface area contributed by atoms with E-state index < -0.39 is 0 Å². The number of esters is 1. The van der Waals surface area contributed by atoms with Gasteiger partial charge in [0.05, 0.1) is 5.69 Å². The maximum absolute atomic E-state index is 10.9. The minimum atomic E-state index is -0.319. The lowest BCUT2D eigenvalue weighted by atomic mass is 10.1. The van der Waals surface area contributed by atoms with Crippen LogP contribution >= 0.6 is 11.3 Å². The highest BCUT2D eigenvalue weighted by molar-refractivity contribution is 7.15. The first-order valence-electron chi connectivity index (χ1n) is 5.20. The summed E-state index contributed by atoms with van der Waals surface area (Å²) >= 11 is 1.51. The number of benzene rings is 1. The number of hydrogen-bond acceptors (Lipinski definition) is 5. The topological polar surface area (TPSA) is 65.2 Å². The summed E-state index contributed by atoms with van der Waals surface area (Å²) in [5.74, 6) is 0.233. The number of hydrogen-bond donors (Lipinski definition) is 1. The van der Waals surface area contributed by atoms with Gasteiger partial charge in [0.15, 0.2) is 5.13 Å². The van der Waals surface area contributed by atoms with Crippen molar-refractivity contribution in [1.82, 2.24) is 4.98 Å². The number of thiazole rings is 1. The van der Waals surface area contributed by atoms with Crippen LogP contribution < -0.4 is 10.5 Å². The monoisotopic (exact) mass is 246 g/mol. The molecule has 3 rings (SSSR count). The summed E-state index contributed by atoms with van der Waals surface area (Å²) in [5, 5.41) is 0.582. The van der Waals surface area contributed by atoms with Crippen molar-refractivity contribution in [2.75, 3.05) is 5.73 Å². The molecule has 0 atom stereocenters.